The molecule has 0 bridgehead atoms. The molecule has 17 heavy (non-hydrogen) atoms. The van der Waals surface area contributed by atoms with Gasteiger partial charge in [-0.15, -0.1) is 0 Å². The number of carboxylic acids is 1. The fourth-order valence-electron chi connectivity index (χ4n) is 1.47. The van der Waals surface area contributed by atoms with Crippen molar-refractivity contribution in [3.63, 3.8) is 0 Å². The van der Waals surface area contributed by atoms with Crippen LogP contribution < -0.4 is 0 Å². The highest BCUT2D eigenvalue weighted by Gasteiger charge is 2.13. The minimum atomic E-state index is -1.26. The van der Waals surface area contributed by atoms with Gasteiger partial charge in [-0.25, -0.2) is 9.18 Å². The maximum Gasteiger partial charge on any atom is 0.338 e. The summed E-state index contributed by atoms with van der Waals surface area (Å²) in [6, 6.07) is 4.32. The van der Waals surface area contributed by atoms with Gasteiger partial charge < -0.3 is 5.11 Å². The second-order valence-corrected chi connectivity index (χ2v) is 4.69. The number of benzene rings is 1. The van der Waals surface area contributed by atoms with Gasteiger partial charge in [-0.2, -0.15) is 5.10 Å². The largest absolute Gasteiger partial charge is 0.478 e. The van der Waals surface area contributed by atoms with Gasteiger partial charge in [0.05, 0.1) is 21.9 Å². The van der Waals surface area contributed by atoms with E-state index in [1.54, 1.807) is 23.1 Å². The molecule has 0 unspecified atom stereocenters. The van der Waals surface area contributed by atoms with Gasteiger partial charge in [0, 0.05) is 11.8 Å². The topological polar surface area (TPSA) is 55.1 Å². The van der Waals surface area contributed by atoms with Crippen LogP contribution in [0.3, 0.4) is 0 Å². The summed E-state index contributed by atoms with van der Waals surface area (Å²) in [6.45, 7) is 0.218. The summed E-state index contributed by atoms with van der Waals surface area (Å²) in [5, 5.41) is 12.8. The molecule has 0 saturated carbocycles. The van der Waals surface area contributed by atoms with E-state index >= 15 is 0 Å². The Labute approximate surface area is 110 Å². The van der Waals surface area contributed by atoms with Crippen molar-refractivity contribution in [3.8, 4) is 0 Å². The predicted molar refractivity (Wildman–Crippen MR) is 67.4 cm³/mol. The van der Waals surface area contributed by atoms with E-state index in [2.05, 4.69) is 27.7 Å². The lowest BCUT2D eigenvalue weighted by Crippen LogP contribution is -2.07. The number of halogens is 2. The molecule has 4 nitrogen and oxygen atoms in total. The Morgan fingerprint density at radius 1 is 1.53 bits per heavy atom. The third kappa shape index (κ3) is 2.63. The summed E-state index contributed by atoms with van der Waals surface area (Å²) in [7, 11) is 0. The Hall–Kier alpha value is -1.44. The molecule has 0 aliphatic heterocycles. The standard InChI is InChI=1S/C11H8FIN2O2/c12-10-7(2-1-3-9(10)11(16)17)5-15-6-8(13)4-14-15/h1-4,6H,5H2,(H,16,17). The predicted octanol–water partition coefficient (Wildman–Crippen LogP) is 2.37. The third-order valence-corrected chi connectivity index (χ3v) is 2.80. The first-order valence-electron chi connectivity index (χ1n) is 4.76. The van der Waals surface area contributed by atoms with Crippen LogP contribution in [0.1, 0.15) is 15.9 Å². The average molecular weight is 346 g/mol. The first-order chi connectivity index (χ1) is 8.08. The highest BCUT2D eigenvalue weighted by molar-refractivity contribution is 14.1. The van der Waals surface area contributed by atoms with E-state index in [0.717, 1.165) is 3.57 Å². The van der Waals surface area contributed by atoms with Crippen molar-refractivity contribution in [2.45, 2.75) is 6.54 Å². The minimum Gasteiger partial charge on any atom is -0.478 e. The molecule has 0 spiro atoms. The van der Waals surface area contributed by atoms with Crippen LogP contribution in [0.5, 0.6) is 0 Å². The normalized spacial score (nSPS) is 10.5. The van der Waals surface area contributed by atoms with Crippen LogP contribution in [-0.2, 0) is 6.54 Å². The lowest BCUT2D eigenvalue weighted by molar-refractivity contribution is 0.0691. The van der Waals surface area contributed by atoms with Crippen molar-refractivity contribution in [2.75, 3.05) is 0 Å². The lowest BCUT2D eigenvalue weighted by atomic mass is 10.1. The number of hydrogen-bond donors (Lipinski definition) is 1. The summed E-state index contributed by atoms with van der Waals surface area (Å²) >= 11 is 2.10. The lowest BCUT2D eigenvalue weighted by Gasteiger charge is -2.05. The zero-order chi connectivity index (χ0) is 12.4. The number of carbonyl (C=O) groups is 1. The van der Waals surface area contributed by atoms with Gasteiger partial charge in [0.2, 0.25) is 0 Å². The molecule has 2 rings (SSSR count). The molecular formula is C11H8FIN2O2. The first kappa shape index (κ1) is 12.0. The van der Waals surface area contributed by atoms with Crippen molar-refractivity contribution in [2.24, 2.45) is 0 Å². The van der Waals surface area contributed by atoms with Crippen LogP contribution in [0.25, 0.3) is 0 Å². The summed E-state index contributed by atoms with van der Waals surface area (Å²) in [5.74, 6) is -1.97. The summed E-state index contributed by atoms with van der Waals surface area (Å²) in [5.41, 5.74) is -0.00578. The minimum absolute atomic E-state index is 0.218. The van der Waals surface area contributed by atoms with Crippen LogP contribution in [0, 0.1) is 9.39 Å². The van der Waals surface area contributed by atoms with Crippen molar-refractivity contribution >= 4 is 28.6 Å². The Kier molecular flexibility index (Phi) is 3.41. The molecule has 0 radical (unpaired) electrons. The number of rotatable bonds is 3. The van der Waals surface area contributed by atoms with Gasteiger partial charge in [-0.3, -0.25) is 4.68 Å². The van der Waals surface area contributed by atoms with Crippen LogP contribution in [0.2, 0.25) is 0 Å². The zero-order valence-electron chi connectivity index (χ0n) is 8.60. The zero-order valence-corrected chi connectivity index (χ0v) is 10.8. The second-order valence-electron chi connectivity index (χ2n) is 3.44. The molecule has 0 atom stereocenters. The molecule has 1 heterocycles. The van der Waals surface area contributed by atoms with Gasteiger partial charge in [-0.1, -0.05) is 12.1 Å². The van der Waals surface area contributed by atoms with E-state index in [1.165, 1.54) is 12.1 Å². The van der Waals surface area contributed by atoms with Crippen LogP contribution in [0.4, 0.5) is 4.39 Å². The summed E-state index contributed by atoms with van der Waals surface area (Å²) < 4.78 is 16.3. The molecule has 0 aliphatic carbocycles. The maximum atomic E-state index is 13.8. The fraction of sp³-hybridized carbons (Fsp3) is 0.0909. The molecular weight excluding hydrogens is 338 g/mol. The molecule has 0 fully saturated rings. The Morgan fingerprint density at radius 3 is 2.88 bits per heavy atom. The number of hydrogen-bond acceptors (Lipinski definition) is 2. The Morgan fingerprint density at radius 2 is 2.29 bits per heavy atom. The van der Waals surface area contributed by atoms with Crippen molar-refractivity contribution < 1.29 is 14.3 Å². The number of aromatic nitrogens is 2. The van der Waals surface area contributed by atoms with Gasteiger partial charge in [0.1, 0.15) is 5.82 Å². The second kappa shape index (κ2) is 4.82. The summed E-state index contributed by atoms with van der Waals surface area (Å²) in [4.78, 5) is 10.8. The van der Waals surface area contributed by atoms with Crippen LogP contribution in [0.15, 0.2) is 30.6 Å². The van der Waals surface area contributed by atoms with E-state index in [4.69, 9.17) is 5.11 Å². The average Bonchev–Trinajstić information content (AvgIpc) is 2.67. The van der Waals surface area contributed by atoms with Crippen molar-refractivity contribution in [1.82, 2.24) is 9.78 Å². The van der Waals surface area contributed by atoms with Crippen molar-refractivity contribution in [1.29, 1.82) is 0 Å². The highest BCUT2D eigenvalue weighted by atomic mass is 127. The number of nitrogens with zero attached hydrogens (tertiary/aromatic N) is 2. The molecule has 1 N–H and O–H groups in total. The van der Waals surface area contributed by atoms with Crippen molar-refractivity contribution in [3.05, 3.63) is 51.1 Å². The molecule has 0 aliphatic rings. The first-order valence-corrected chi connectivity index (χ1v) is 5.84. The van der Waals surface area contributed by atoms with Crippen LogP contribution in [-0.4, -0.2) is 20.9 Å². The molecule has 88 valence electrons. The Balaban J connectivity index is 2.33. The number of aromatic carboxylic acids is 1. The molecule has 0 amide bonds. The number of carboxylic acid groups (broad SMARTS) is 1. The van der Waals surface area contributed by atoms with E-state index in [9.17, 15) is 9.18 Å². The monoisotopic (exact) mass is 346 g/mol. The van der Waals surface area contributed by atoms with E-state index in [1.807, 2.05) is 0 Å². The van der Waals surface area contributed by atoms with Gasteiger partial charge in [0.15, 0.2) is 0 Å². The molecule has 2 aromatic rings. The van der Waals surface area contributed by atoms with E-state index < -0.39 is 11.8 Å². The van der Waals surface area contributed by atoms with E-state index in [-0.39, 0.29) is 12.1 Å². The fourth-order valence-corrected chi connectivity index (χ4v) is 1.91. The Bertz CT molecular complexity index is 568. The quantitative estimate of drug-likeness (QED) is 0.869. The highest BCUT2D eigenvalue weighted by Crippen LogP contribution is 2.14. The molecule has 0 saturated heterocycles. The van der Waals surface area contributed by atoms with E-state index in [0.29, 0.717) is 5.56 Å². The summed E-state index contributed by atoms with van der Waals surface area (Å²) in [6.07, 6.45) is 3.41. The SMILES string of the molecule is O=C(O)c1cccc(Cn2cc(I)cn2)c1F. The molecule has 1 aromatic carbocycles. The van der Waals surface area contributed by atoms with Gasteiger partial charge in [-0.05, 0) is 28.7 Å². The van der Waals surface area contributed by atoms with Crippen LogP contribution >= 0.6 is 22.6 Å². The molecule has 6 heteroatoms. The maximum absolute atomic E-state index is 13.8. The molecule has 1 aromatic heterocycles. The van der Waals surface area contributed by atoms with Gasteiger partial charge >= 0.3 is 5.97 Å². The smallest absolute Gasteiger partial charge is 0.338 e. The third-order valence-electron chi connectivity index (χ3n) is 2.24. The van der Waals surface area contributed by atoms with Gasteiger partial charge in [0.25, 0.3) is 0 Å².